The summed E-state index contributed by atoms with van der Waals surface area (Å²) in [5.74, 6) is -3.65. The molecule has 8 heteroatoms. The molecule has 106 valence electrons. The molecule has 8 nitrogen and oxygen atoms in total. The van der Waals surface area contributed by atoms with Crippen LogP contribution in [0.4, 0.5) is 0 Å². The van der Waals surface area contributed by atoms with Gasteiger partial charge in [-0.05, 0) is 5.56 Å². The summed E-state index contributed by atoms with van der Waals surface area (Å²) in [6.07, 6.45) is 2.67. The lowest BCUT2D eigenvalue weighted by atomic mass is 10.1. The van der Waals surface area contributed by atoms with E-state index < -0.39 is 18.0 Å². The van der Waals surface area contributed by atoms with Gasteiger partial charge in [-0.25, -0.2) is 9.59 Å². The van der Waals surface area contributed by atoms with E-state index in [0.717, 1.165) is 5.56 Å². The summed E-state index contributed by atoms with van der Waals surface area (Å²) >= 11 is 0. The first-order valence-corrected chi connectivity index (χ1v) is 5.52. The summed E-state index contributed by atoms with van der Waals surface area (Å²) in [7, 11) is 0. The first-order chi connectivity index (χ1) is 9.50. The number of hydrogen-bond donors (Lipinski definition) is 3. The Morgan fingerprint density at radius 3 is 2.00 bits per heavy atom. The van der Waals surface area contributed by atoms with Crippen LogP contribution >= 0.6 is 0 Å². The van der Waals surface area contributed by atoms with Gasteiger partial charge >= 0.3 is 11.9 Å². The first-order valence-electron chi connectivity index (χ1n) is 5.52. The molecule has 0 aliphatic rings. The van der Waals surface area contributed by atoms with Gasteiger partial charge in [-0.15, -0.1) is 10.2 Å². The molecule has 0 bridgehead atoms. The molecule has 0 saturated carbocycles. The van der Waals surface area contributed by atoms with Crippen molar-refractivity contribution >= 4 is 11.9 Å². The molecule has 0 aliphatic carbocycles. The lowest BCUT2D eigenvalue weighted by molar-refractivity contribution is -0.159. The van der Waals surface area contributed by atoms with E-state index in [1.807, 2.05) is 30.3 Å². The highest BCUT2D eigenvalue weighted by atomic mass is 16.4. The van der Waals surface area contributed by atoms with Gasteiger partial charge in [0, 0.05) is 0 Å². The highest BCUT2D eigenvalue weighted by Gasteiger charge is 2.06. The largest absolute Gasteiger partial charge is 0.473 e. The zero-order valence-electron chi connectivity index (χ0n) is 10.3. The van der Waals surface area contributed by atoms with Crippen LogP contribution in [-0.4, -0.2) is 42.0 Å². The summed E-state index contributed by atoms with van der Waals surface area (Å²) < 4.78 is 1.75. The number of aliphatic carboxylic acids is 2. The lowest BCUT2D eigenvalue weighted by Gasteiger charge is -2.10. The van der Waals surface area contributed by atoms with Gasteiger partial charge in [0.15, 0.2) is 0 Å². The zero-order valence-corrected chi connectivity index (χ0v) is 10.3. The highest BCUT2D eigenvalue weighted by Crippen LogP contribution is 2.13. The van der Waals surface area contributed by atoms with Crippen molar-refractivity contribution in [2.24, 2.45) is 0 Å². The number of aliphatic hydroxyl groups is 1. The fraction of sp³-hybridized carbons (Fsp3) is 0.167. The molecule has 1 unspecified atom stereocenters. The molecule has 0 fully saturated rings. The summed E-state index contributed by atoms with van der Waals surface area (Å²) in [6, 6.07) is 9.54. The van der Waals surface area contributed by atoms with Gasteiger partial charge < -0.3 is 19.9 Å². The van der Waals surface area contributed by atoms with E-state index in [4.69, 9.17) is 19.8 Å². The van der Waals surface area contributed by atoms with E-state index >= 15 is 0 Å². The molecule has 1 atom stereocenters. The molecular formula is C12H13N3O5. The third-order valence-electron chi connectivity index (χ3n) is 2.22. The van der Waals surface area contributed by atoms with Crippen LogP contribution in [0.15, 0.2) is 43.0 Å². The molecule has 1 aromatic carbocycles. The van der Waals surface area contributed by atoms with Crippen LogP contribution in [-0.2, 0) is 16.1 Å². The Labute approximate surface area is 113 Å². The number of carboxylic acids is 2. The number of carbonyl (C=O) groups is 2. The van der Waals surface area contributed by atoms with Crippen LogP contribution in [0.25, 0.3) is 0 Å². The number of hydrogen-bond acceptors (Lipinski definition) is 5. The van der Waals surface area contributed by atoms with Crippen molar-refractivity contribution in [3.05, 3.63) is 48.5 Å². The molecule has 0 amide bonds. The second-order valence-electron chi connectivity index (χ2n) is 3.70. The van der Waals surface area contributed by atoms with E-state index in [2.05, 4.69) is 10.2 Å². The van der Waals surface area contributed by atoms with Gasteiger partial charge in [0.2, 0.25) is 0 Å². The Hall–Kier alpha value is -2.74. The van der Waals surface area contributed by atoms with Crippen LogP contribution in [0.5, 0.6) is 0 Å². The number of nitrogens with zero attached hydrogens (tertiary/aromatic N) is 3. The third kappa shape index (κ3) is 5.27. The number of carboxylic acid groups (broad SMARTS) is 2. The van der Waals surface area contributed by atoms with Gasteiger partial charge in [-0.1, -0.05) is 30.3 Å². The predicted molar refractivity (Wildman–Crippen MR) is 66.7 cm³/mol. The number of aromatic nitrogens is 3. The topological polar surface area (TPSA) is 126 Å². The standard InChI is InChI=1S/C10H11N3O.C2H2O4/c14-10(6-13-7-11-12-8-13)9-4-2-1-3-5-9;3-1(4)2(5)6/h1-5,7-8,10,14H,6H2;(H,3,4)(H,5,6). The van der Waals surface area contributed by atoms with Gasteiger partial charge in [0.1, 0.15) is 12.7 Å². The van der Waals surface area contributed by atoms with Crippen molar-refractivity contribution in [3.63, 3.8) is 0 Å². The zero-order chi connectivity index (χ0) is 15.0. The molecule has 0 spiro atoms. The molecular weight excluding hydrogens is 266 g/mol. The maximum atomic E-state index is 9.82. The Morgan fingerprint density at radius 2 is 1.55 bits per heavy atom. The van der Waals surface area contributed by atoms with Crippen LogP contribution in [0.1, 0.15) is 11.7 Å². The Balaban J connectivity index is 0.000000286. The minimum Gasteiger partial charge on any atom is -0.473 e. The van der Waals surface area contributed by atoms with Crippen molar-refractivity contribution in [3.8, 4) is 0 Å². The third-order valence-corrected chi connectivity index (χ3v) is 2.22. The van der Waals surface area contributed by atoms with Crippen LogP contribution in [0, 0.1) is 0 Å². The molecule has 1 aromatic heterocycles. The van der Waals surface area contributed by atoms with Crippen molar-refractivity contribution < 1.29 is 24.9 Å². The minimum absolute atomic E-state index is 0.483. The maximum Gasteiger partial charge on any atom is 0.414 e. The molecule has 0 saturated heterocycles. The second-order valence-corrected chi connectivity index (χ2v) is 3.70. The van der Waals surface area contributed by atoms with Crippen LogP contribution in [0.3, 0.4) is 0 Å². The Morgan fingerprint density at radius 1 is 1.05 bits per heavy atom. The van der Waals surface area contributed by atoms with Gasteiger partial charge in [-0.2, -0.15) is 0 Å². The fourth-order valence-corrected chi connectivity index (χ4v) is 1.30. The van der Waals surface area contributed by atoms with Crippen molar-refractivity contribution in [1.29, 1.82) is 0 Å². The summed E-state index contributed by atoms with van der Waals surface area (Å²) in [4.78, 5) is 18.2. The van der Waals surface area contributed by atoms with E-state index in [-0.39, 0.29) is 0 Å². The first kappa shape index (κ1) is 15.3. The number of benzene rings is 1. The second kappa shape index (κ2) is 7.64. The summed E-state index contributed by atoms with van der Waals surface area (Å²) in [6.45, 7) is 0.483. The average molecular weight is 279 g/mol. The molecule has 2 rings (SSSR count). The molecule has 2 aromatic rings. The van der Waals surface area contributed by atoms with Crippen LogP contribution in [0.2, 0.25) is 0 Å². The number of aliphatic hydroxyl groups excluding tert-OH is 1. The normalized spacial score (nSPS) is 11.1. The Bertz CT molecular complexity index is 529. The summed E-state index contributed by atoms with van der Waals surface area (Å²) in [5.41, 5.74) is 0.904. The Kier molecular flexibility index (Phi) is 5.85. The predicted octanol–water partition coefficient (Wildman–Crippen LogP) is 0.167. The molecule has 0 radical (unpaired) electrons. The minimum atomic E-state index is -1.82. The quantitative estimate of drug-likeness (QED) is 0.683. The molecule has 0 aliphatic heterocycles. The van der Waals surface area contributed by atoms with Gasteiger partial charge in [0.25, 0.3) is 0 Å². The molecule has 20 heavy (non-hydrogen) atoms. The summed E-state index contributed by atoms with van der Waals surface area (Å²) in [5, 5.41) is 31.9. The van der Waals surface area contributed by atoms with E-state index in [1.54, 1.807) is 17.2 Å². The van der Waals surface area contributed by atoms with Crippen molar-refractivity contribution in [2.75, 3.05) is 0 Å². The van der Waals surface area contributed by atoms with Gasteiger partial charge in [0.05, 0.1) is 12.6 Å². The van der Waals surface area contributed by atoms with Gasteiger partial charge in [-0.3, -0.25) is 0 Å². The lowest BCUT2D eigenvalue weighted by Crippen LogP contribution is -2.09. The number of rotatable bonds is 3. The molecule has 1 heterocycles. The van der Waals surface area contributed by atoms with Crippen LogP contribution < -0.4 is 0 Å². The van der Waals surface area contributed by atoms with Crippen molar-refractivity contribution in [2.45, 2.75) is 12.6 Å². The van der Waals surface area contributed by atoms with E-state index in [0.29, 0.717) is 6.54 Å². The van der Waals surface area contributed by atoms with Crippen molar-refractivity contribution in [1.82, 2.24) is 14.8 Å². The average Bonchev–Trinajstić information content (AvgIpc) is 2.93. The monoisotopic (exact) mass is 279 g/mol. The maximum absolute atomic E-state index is 9.82. The molecule has 3 N–H and O–H groups in total. The fourth-order valence-electron chi connectivity index (χ4n) is 1.30. The smallest absolute Gasteiger partial charge is 0.414 e. The van der Waals surface area contributed by atoms with E-state index in [9.17, 15) is 5.11 Å². The van der Waals surface area contributed by atoms with E-state index in [1.165, 1.54) is 0 Å². The SMILES string of the molecule is O=C(O)C(=O)O.OC(Cn1cnnc1)c1ccccc1. The highest BCUT2D eigenvalue weighted by molar-refractivity contribution is 6.27.